The van der Waals surface area contributed by atoms with Crippen LogP contribution in [0.4, 0.5) is 5.69 Å². The molecule has 128 valence electrons. The molecule has 0 unspecified atom stereocenters. The van der Waals surface area contributed by atoms with Crippen molar-refractivity contribution < 1.29 is 17.9 Å². The fourth-order valence-electron chi connectivity index (χ4n) is 2.59. The van der Waals surface area contributed by atoms with Crippen LogP contribution in [0.3, 0.4) is 0 Å². The van der Waals surface area contributed by atoms with Gasteiger partial charge in [0.2, 0.25) is 15.9 Å². The van der Waals surface area contributed by atoms with Gasteiger partial charge in [0.15, 0.2) is 0 Å². The largest absolute Gasteiger partial charge is 0.495 e. The van der Waals surface area contributed by atoms with Crippen LogP contribution in [0.2, 0.25) is 5.02 Å². The van der Waals surface area contributed by atoms with Crippen LogP contribution in [0, 0.1) is 5.92 Å². The van der Waals surface area contributed by atoms with E-state index in [1.54, 1.807) is 25.1 Å². The monoisotopic (exact) mass is 360 g/mol. The molecule has 1 fully saturated rings. The summed E-state index contributed by atoms with van der Waals surface area (Å²) in [6.45, 7) is 2.38. The standard InChI is InChI=1S/C15H21ClN2O4S/c1-3-23(20,21)18-8-6-11(7-9-18)15(19)17-13-10-12(16)4-5-14(13)22-2/h4-5,10-11H,3,6-9H2,1-2H3,(H,17,19). The van der Waals surface area contributed by atoms with Gasteiger partial charge >= 0.3 is 0 Å². The van der Waals surface area contributed by atoms with E-state index in [1.807, 2.05) is 0 Å². The normalized spacial score (nSPS) is 17.0. The molecule has 8 heteroatoms. The number of benzene rings is 1. The minimum atomic E-state index is -3.18. The number of carbonyl (C=O) groups excluding carboxylic acids is 1. The highest BCUT2D eigenvalue weighted by Gasteiger charge is 2.30. The second-order valence-electron chi connectivity index (χ2n) is 5.41. The number of hydrogen-bond donors (Lipinski definition) is 1. The van der Waals surface area contributed by atoms with E-state index in [0.717, 1.165) is 0 Å². The minimum Gasteiger partial charge on any atom is -0.495 e. The zero-order valence-electron chi connectivity index (χ0n) is 13.2. The molecule has 0 aromatic heterocycles. The first-order valence-electron chi connectivity index (χ1n) is 7.49. The number of halogens is 1. The van der Waals surface area contributed by atoms with E-state index in [9.17, 15) is 13.2 Å². The summed E-state index contributed by atoms with van der Waals surface area (Å²) < 4.78 is 30.3. The summed E-state index contributed by atoms with van der Waals surface area (Å²) in [5.41, 5.74) is 0.522. The summed E-state index contributed by atoms with van der Waals surface area (Å²) in [6, 6.07) is 5.01. The highest BCUT2D eigenvalue weighted by molar-refractivity contribution is 7.89. The summed E-state index contributed by atoms with van der Waals surface area (Å²) in [4.78, 5) is 12.4. The molecule has 1 heterocycles. The van der Waals surface area contributed by atoms with Gasteiger partial charge in [-0.25, -0.2) is 12.7 Å². The number of nitrogens with one attached hydrogen (secondary N) is 1. The lowest BCUT2D eigenvalue weighted by Crippen LogP contribution is -2.42. The molecule has 0 spiro atoms. The molecule has 6 nitrogen and oxygen atoms in total. The summed E-state index contributed by atoms with van der Waals surface area (Å²) in [6.07, 6.45) is 1.02. The number of anilines is 1. The Balaban J connectivity index is 2.00. The van der Waals surface area contributed by atoms with Gasteiger partial charge in [0.1, 0.15) is 5.75 Å². The Labute approximate surface area is 141 Å². The summed E-state index contributed by atoms with van der Waals surface area (Å²) in [5.74, 6) is 0.263. The van der Waals surface area contributed by atoms with Crippen LogP contribution < -0.4 is 10.1 Å². The number of ether oxygens (including phenoxy) is 1. The van der Waals surface area contributed by atoms with E-state index in [2.05, 4.69) is 5.32 Å². The van der Waals surface area contributed by atoms with Crippen molar-refractivity contribution in [3.63, 3.8) is 0 Å². The molecule has 0 aliphatic carbocycles. The van der Waals surface area contributed by atoms with Gasteiger partial charge in [-0.3, -0.25) is 4.79 Å². The number of rotatable bonds is 5. The maximum absolute atomic E-state index is 12.4. The van der Waals surface area contributed by atoms with Crippen LogP contribution in [0.5, 0.6) is 5.75 Å². The highest BCUT2D eigenvalue weighted by atomic mass is 35.5. The molecular weight excluding hydrogens is 340 g/mol. The molecule has 1 aliphatic heterocycles. The molecule has 1 amide bonds. The number of carbonyl (C=O) groups is 1. The number of hydrogen-bond acceptors (Lipinski definition) is 4. The Morgan fingerprint density at radius 3 is 2.61 bits per heavy atom. The van der Waals surface area contributed by atoms with Crippen LogP contribution in [0.1, 0.15) is 19.8 Å². The predicted octanol–water partition coefficient (Wildman–Crippen LogP) is 2.35. The van der Waals surface area contributed by atoms with Crippen LogP contribution in [0.25, 0.3) is 0 Å². The molecule has 1 aromatic rings. The SMILES string of the molecule is CCS(=O)(=O)N1CCC(C(=O)Nc2cc(Cl)ccc2OC)CC1. The Morgan fingerprint density at radius 1 is 1.39 bits per heavy atom. The molecule has 1 N–H and O–H groups in total. The fraction of sp³-hybridized carbons (Fsp3) is 0.533. The third-order valence-corrected chi connectivity index (χ3v) is 6.12. The van der Waals surface area contributed by atoms with E-state index in [1.165, 1.54) is 11.4 Å². The first-order valence-corrected chi connectivity index (χ1v) is 9.48. The van der Waals surface area contributed by atoms with Crippen molar-refractivity contribution in [1.82, 2.24) is 4.31 Å². The lowest BCUT2D eigenvalue weighted by atomic mass is 9.97. The molecule has 1 aliphatic rings. The second-order valence-corrected chi connectivity index (χ2v) is 8.10. The molecule has 0 radical (unpaired) electrons. The molecule has 0 bridgehead atoms. The summed E-state index contributed by atoms with van der Waals surface area (Å²) in [7, 11) is -1.66. The van der Waals surface area contributed by atoms with Gasteiger partial charge in [-0.1, -0.05) is 11.6 Å². The summed E-state index contributed by atoms with van der Waals surface area (Å²) in [5, 5.41) is 3.33. The van der Waals surface area contributed by atoms with Crippen molar-refractivity contribution in [3.05, 3.63) is 23.2 Å². The Bertz CT molecular complexity index is 670. The molecule has 23 heavy (non-hydrogen) atoms. The zero-order chi connectivity index (χ0) is 17.0. The van der Waals surface area contributed by atoms with Crippen molar-refractivity contribution in [2.45, 2.75) is 19.8 Å². The average Bonchev–Trinajstić information content (AvgIpc) is 2.55. The van der Waals surface area contributed by atoms with Crippen LogP contribution in [-0.4, -0.2) is 44.6 Å². The van der Waals surface area contributed by atoms with Gasteiger partial charge in [-0.05, 0) is 38.0 Å². The van der Waals surface area contributed by atoms with Crippen molar-refractivity contribution in [3.8, 4) is 5.75 Å². The van der Waals surface area contributed by atoms with Crippen molar-refractivity contribution in [2.75, 3.05) is 31.3 Å². The molecule has 1 saturated heterocycles. The fourth-order valence-corrected chi connectivity index (χ4v) is 3.90. The number of nitrogens with zero attached hydrogens (tertiary/aromatic N) is 1. The van der Waals surface area contributed by atoms with E-state index in [4.69, 9.17) is 16.3 Å². The molecule has 0 saturated carbocycles. The first kappa shape index (κ1) is 18.0. The van der Waals surface area contributed by atoms with E-state index in [-0.39, 0.29) is 17.6 Å². The quantitative estimate of drug-likeness (QED) is 0.874. The van der Waals surface area contributed by atoms with Gasteiger partial charge in [-0.2, -0.15) is 0 Å². The van der Waals surface area contributed by atoms with Gasteiger partial charge < -0.3 is 10.1 Å². The number of sulfonamides is 1. The van der Waals surface area contributed by atoms with E-state index in [0.29, 0.717) is 42.4 Å². The summed E-state index contributed by atoms with van der Waals surface area (Å²) >= 11 is 5.95. The van der Waals surface area contributed by atoms with Crippen LogP contribution in [-0.2, 0) is 14.8 Å². The first-order chi connectivity index (χ1) is 10.9. The maximum Gasteiger partial charge on any atom is 0.227 e. The minimum absolute atomic E-state index is 0.0869. The van der Waals surface area contributed by atoms with Crippen molar-refractivity contribution in [2.24, 2.45) is 5.92 Å². The maximum atomic E-state index is 12.4. The van der Waals surface area contributed by atoms with Crippen molar-refractivity contribution >= 4 is 33.2 Å². The second kappa shape index (κ2) is 7.51. The topological polar surface area (TPSA) is 75.7 Å². The molecule has 1 aromatic carbocycles. The third kappa shape index (κ3) is 4.37. The average molecular weight is 361 g/mol. The van der Waals surface area contributed by atoms with Gasteiger partial charge in [0, 0.05) is 24.0 Å². The number of piperidine rings is 1. The lowest BCUT2D eigenvalue weighted by molar-refractivity contribution is -0.120. The molecule has 0 atom stereocenters. The van der Waals surface area contributed by atoms with Gasteiger partial charge in [0.05, 0.1) is 18.6 Å². The highest BCUT2D eigenvalue weighted by Crippen LogP contribution is 2.29. The zero-order valence-corrected chi connectivity index (χ0v) is 14.8. The predicted molar refractivity (Wildman–Crippen MR) is 90.4 cm³/mol. The lowest BCUT2D eigenvalue weighted by Gasteiger charge is -2.30. The van der Waals surface area contributed by atoms with Crippen LogP contribution >= 0.6 is 11.6 Å². The molecule has 2 rings (SSSR count). The van der Waals surface area contributed by atoms with Crippen LogP contribution in [0.15, 0.2) is 18.2 Å². The smallest absolute Gasteiger partial charge is 0.227 e. The van der Waals surface area contributed by atoms with E-state index >= 15 is 0 Å². The Hall–Kier alpha value is -1.31. The van der Waals surface area contributed by atoms with Crippen molar-refractivity contribution in [1.29, 1.82) is 0 Å². The Kier molecular flexibility index (Phi) is 5.89. The number of methoxy groups -OCH3 is 1. The Morgan fingerprint density at radius 2 is 2.04 bits per heavy atom. The van der Waals surface area contributed by atoms with Gasteiger partial charge in [-0.15, -0.1) is 0 Å². The molecular formula is C15H21ClN2O4S. The number of amides is 1. The third-order valence-electron chi connectivity index (χ3n) is 4.00. The van der Waals surface area contributed by atoms with Gasteiger partial charge in [0.25, 0.3) is 0 Å². The van der Waals surface area contributed by atoms with E-state index < -0.39 is 10.0 Å².